The molecule has 0 radical (unpaired) electrons. The molecule has 120 valence electrons. The third-order valence-electron chi connectivity index (χ3n) is 2.91. The van der Waals surface area contributed by atoms with Crippen LogP contribution >= 0.6 is 0 Å². The van der Waals surface area contributed by atoms with E-state index in [0.29, 0.717) is 12.1 Å². The van der Waals surface area contributed by atoms with Crippen LogP contribution in [0, 0.1) is 23.3 Å². The van der Waals surface area contributed by atoms with Crippen LogP contribution in [0.5, 0.6) is 11.5 Å². The Morgan fingerprint density at radius 3 is 2.17 bits per heavy atom. The molecule has 0 spiro atoms. The van der Waals surface area contributed by atoms with Crippen molar-refractivity contribution < 1.29 is 32.2 Å². The number of hydrogen-bond acceptors (Lipinski definition) is 3. The van der Waals surface area contributed by atoms with E-state index < -0.39 is 46.3 Å². The molecule has 0 aliphatic carbocycles. The van der Waals surface area contributed by atoms with Crippen LogP contribution in [0.3, 0.4) is 0 Å². The number of ether oxygens (including phenoxy) is 1. The van der Waals surface area contributed by atoms with Crippen molar-refractivity contribution in [3.05, 3.63) is 59.7 Å². The molecule has 0 unspecified atom stereocenters. The summed E-state index contributed by atoms with van der Waals surface area (Å²) in [6.07, 6.45) is 0. The summed E-state index contributed by atoms with van der Waals surface area (Å²) >= 11 is 0. The smallest absolute Gasteiger partial charge is 0.338 e. The number of phenols is 1. The van der Waals surface area contributed by atoms with E-state index in [0.717, 1.165) is 12.1 Å². The van der Waals surface area contributed by atoms with Gasteiger partial charge in [-0.1, -0.05) is 6.58 Å². The van der Waals surface area contributed by atoms with Gasteiger partial charge in [0.25, 0.3) is 0 Å². The van der Waals surface area contributed by atoms with Crippen LogP contribution in [0.25, 0.3) is 11.1 Å². The van der Waals surface area contributed by atoms with Gasteiger partial charge in [-0.2, -0.15) is 4.39 Å². The second-order valence-corrected chi connectivity index (χ2v) is 4.70. The molecule has 0 amide bonds. The van der Waals surface area contributed by atoms with Crippen LogP contribution < -0.4 is 4.74 Å². The number of esters is 1. The predicted molar refractivity (Wildman–Crippen MR) is 73.8 cm³/mol. The first-order chi connectivity index (χ1) is 10.7. The Balaban J connectivity index is 2.50. The zero-order chi connectivity index (χ0) is 17.3. The first-order valence-electron chi connectivity index (χ1n) is 6.26. The lowest BCUT2D eigenvalue weighted by atomic mass is 10.0. The number of carbonyl (C=O) groups excluding carboxylic acids is 1. The van der Waals surface area contributed by atoms with E-state index in [4.69, 9.17) is 5.11 Å². The van der Waals surface area contributed by atoms with Gasteiger partial charge in [0, 0.05) is 11.1 Å². The lowest BCUT2D eigenvalue weighted by Crippen LogP contribution is -2.11. The topological polar surface area (TPSA) is 46.5 Å². The maximum absolute atomic E-state index is 13.9. The van der Waals surface area contributed by atoms with E-state index in [1.165, 1.54) is 6.92 Å². The number of carbonyl (C=O) groups is 1. The molecule has 1 N–H and O–H groups in total. The highest BCUT2D eigenvalue weighted by Crippen LogP contribution is 2.33. The summed E-state index contributed by atoms with van der Waals surface area (Å²) < 4.78 is 59.4. The van der Waals surface area contributed by atoms with E-state index in [2.05, 4.69) is 11.3 Å². The van der Waals surface area contributed by atoms with Gasteiger partial charge in [-0.3, -0.25) is 0 Å². The van der Waals surface area contributed by atoms with Crippen molar-refractivity contribution in [2.24, 2.45) is 0 Å². The van der Waals surface area contributed by atoms with Crippen LogP contribution in [-0.2, 0) is 4.79 Å². The van der Waals surface area contributed by atoms with Crippen molar-refractivity contribution in [1.29, 1.82) is 0 Å². The fourth-order valence-corrected chi connectivity index (χ4v) is 1.75. The van der Waals surface area contributed by atoms with Crippen LogP contribution in [0.1, 0.15) is 6.92 Å². The number of rotatable bonds is 3. The van der Waals surface area contributed by atoms with Crippen molar-refractivity contribution in [3.63, 3.8) is 0 Å². The van der Waals surface area contributed by atoms with Gasteiger partial charge in [0.1, 0.15) is 0 Å². The third kappa shape index (κ3) is 3.18. The lowest BCUT2D eigenvalue weighted by molar-refractivity contribution is -0.130. The summed E-state index contributed by atoms with van der Waals surface area (Å²) in [6.45, 7) is 4.56. The maximum Gasteiger partial charge on any atom is 0.338 e. The van der Waals surface area contributed by atoms with Gasteiger partial charge in [0.15, 0.2) is 23.2 Å². The highest BCUT2D eigenvalue weighted by atomic mass is 19.2. The summed E-state index contributed by atoms with van der Waals surface area (Å²) in [5.74, 6) is -8.49. The molecule has 0 saturated heterocycles. The summed E-state index contributed by atoms with van der Waals surface area (Å²) in [7, 11) is 0. The van der Waals surface area contributed by atoms with Gasteiger partial charge in [0.05, 0.1) is 0 Å². The molecule has 2 aromatic rings. The molecule has 0 heterocycles. The molecule has 0 atom stereocenters. The molecule has 0 aliphatic rings. The molecule has 2 rings (SSSR count). The molecule has 0 fully saturated rings. The highest BCUT2D eigenvalue weighted by molar-refractivity contribution is 5.88. The first kappa shape index (κ1) is 16.5. The average Bonchev–Trinajstić information content (AvgIpc) is 2.48. The second kappa shape index (κ2) is 6.12. The van der Waals surface area contributed by atoms with Gasteiger partial charge < -0.3 is 9.84 Å². The third-order valence-corrected chi connectivity index (χ3v) is 2.91. The molecule has 3 nitrogen and oxygen atoms in total. The van der Waals surface area contributed by atoms with Crippen LogP contribution in [0.4, 0.5) is 17.6 Å². The van der Waals surface area contributed by atoms with Crippen molar-refractivity contribution in [3.8, 4) is 22.6 Å². The minimum absolute atomic E-state index is 0.0699. The number of phenolic OH excluding ortho intramolecular Hbond substituents is 1. The SMILES string of the molecule is C=C(C)C(=O)Oc1c(F)cc(-c2ccc(O)c(F)c2F)cc1F. The Bertz CT molecular complexity index is 792. The van der Waals surface area contributed by atoms with Gasteiger partial charge >= 0.3 is 5.97 Å². The molecule has 0 bridgehead atoms. The minimum Gasteiger partial charge on any atom is -0.505 e. The van der Waals surface area contributed by atoms with Crippen LogP contribution in [0.15, 0.2) is 36.4 Å². The number of aromatic hydroxyl groups is 1. The number of benzene rings is 2. The van der Waals surface area contributed by atoms with Gasteiger partial charge in [-0.15, -0.1) is 0 Å². The monoisotopic (exact) mass is 326 g/mol. The number of hydrogen-bond donors (Lipinski definition) is 1. The Morgan fingerprint density at radius 1 is 1.09 bits per heavy atom. The average molecular weight is 326 g/mol. The molecule has 0 saturated carbocycles. The summed E-state index contributed by atoms with van der Waals surface area (Å²) in [5, 5.41) is 9.05. The van der Waals surface area contributed by atoms with Crippen LogP contribution in [0.2, 0.25) is 0 Å². The minimum atomic E-state index is -1.54. The fourth-order valence-electron chi connectivity index (χ4n) is 1.75. The Morgan fingerprint density at radius 2 is 1.65 bits per heavy atom. The molecule has 0 aliphatic heterocycles. The van der Waals surface area contributed by atoms with Crippen molar-refractivity contribution in [2.45, 2.75) is 6.92 Å². The van der Waals surface area contributed by atoms with E-state index >= 15 is 0 Å². The Kier molecular flexibility index (Phi) is 4.40. The highest BCUT2D eigenvalue weighted by Gasteiger charge is 2.20. The Hall–Kier alpha value is -2.83. The Labute approximate surface area is 128 Å². The maximum atomic E-state index is 13.9. The quantitative estimate of drug-likeness (QED) is 0.400. The predicted octanol–water partition coefficient (Wildman–Crippen LogP) is 4.10. The summed E-state index contributed by atoms with van der Waals surface area (Å²) in [4.78, 5) is 11.3. The second-order valence-electron chi connectivity index (χ2n) is 4.70. The van der Waals surface area contributed by atoms with Gasteiger partial charge in [-0.25, -0.2) is 18.0 Å². The molecule has 7 heteroatoms. The van der Waals surface area contributed by atoms with Gasteiger partial charge in [0.2, 0.25) is 11.6 Å². The largest absolute Gasteiger partial charge is 0.505 e. The molecule has 23 heavy (non-hydrogen) atoms. The zero-order valence-electron chi connectivity index (χ0n) is 11.8. The van der Waals surface area contributed by atoms with Crippen molar-refractivity contribution in [2.75, 3.05) is 0 Å². The van der Waals surface area contributed by atoms with E-state index in [1.807, 2.05) is 0 Å². The summed E-state index contributed by atoms with van der Waals surface area (Å²) in [6, 6.07) is 3.16. The fraction of sp³-hybridized carbons (Fsp3) is 0.0625. The van der Waals surface area contributed by atoms with Crippen molar-refractivity contribution in [1.82, 2.24) is 0 Å². The van der Waals surface area contributed by atoms with E-state index in [9.17, 15) is 22.4 Å². The lowest BCUT2D eigenvalue weighted by Gasteiger charge is -2.10. The normalized spacial score (nSPS) is 10.5. The van der Waals surface area contributed by atoms with Gasteiger partial charge in [-0.05, 0) is 36.8 Å². The van der Waals surface area contributed by atoms with E-state index in [1.54, 1.807) is 0 Å². The van der Waals surface area contributed by atoms with Crippen molar-refractivity contribution >= 4 is 5.97 Å². The number of halogens is 4. The zero-order valence-corrected chi connectivity index (χ0v) is 11.8. The molecule has 0 aromatic heterocycles. The molecule has 2 aromatic carbocycles. The van der Waals surface area contributed by atoms with E-state index in [-0.39, 0.29) is 11.1 Å². The molecular formula is C16H10F4O3. The summed E-state index contributed by atoms with van der Waals surface area (Å²) in [5.41, 5.74) is -0.859. The first-order valence-corrected chi connectivity index (χ1v) is 6.26. The molecular weight excluding hydrogens is 316 g/mol. The van der Waals surface area contributed by atoms with Crippen LogP contribution in [-0.4, -0.2) is 11.1 Å². The standard InChI is InChI=1S/C16H10F4O3/c1-7(2)16(22)23-15-10(17)5-8(6-11(15)18)9-3-4-12(21)14(20)13(9)19/h3-6,21H,1H2,2H3.